The molecule has 0 atom stereocenters. The summed E-state index contributed by atoms with van der Waals surface area (Å²) in [6, 6.07) is 11.2. The van der Waals surface area contributed by atoms with Crippen LogP contribution in [0.25, 0.3) is 0 Å². The van der Waals surface area contributed by atoms with Crippen molar-refractivity contribution in [1.29, 1.82) is 5.26 Å². The zero-order valence-corrected chi connectivity index (χ0v) is 11.9. The maximum absolute atomic E-state index is 11.9. The summed E-state index contributed by atoms with van der Waals surface area (Å²) in [5.41, 5.74) is 1.01. The van der Waals surface area contributed by atoms with Gasteiger partial charge in [0.2, 0.25) is 0 Å². The van der Waals surface area contributed by atoms with Gasteiger partial charge >= 0.3 is 10.1 Å². The summed E-state index contributed by atoms with van der Waals surface area (Å²) in [7, 11) is -3.97. The molecule has 2 aromatic rings. The van der Waals surface area contributed by atoms with E-state index in [1.54, 1.807) is 25.1 Å². The summed E-state index contributed by atoms with van der Waals surface area (Å²) in [5, 5.41) is 12.6. The number of nitriles is 1. The first-order chi connectivity index (χ1) is 10.0. The molecule has 106 valence electrons. The normalized spacial score (nSPS) is 11.7. The van der Waals surface area contributed by atoms with Crippen molar-refractivity contribution in [2.75, 3.05) is 0 Å². The fourth-order valence-electron chi connectivity index (χ4n) is 1.56. The number of aromatic nitrogens is 1. The second kappa shape index (κ2) is 6.15. The summed E-state index contributed by atoms with van der Waals surface area (Å²) < 4.78 is 28.5. The quantitative estimate of drug-likeness (QED) is 0.636. The third kappa shape index (κ3) is 3.43. The van der Waals surface area contributed by atoms with Gasteiger partial charge in [-0.3, -0.25) is 9.27 Å². The molecule has 0 aliphatic rings. The van der Waals surface area contributed by atoms with Crippen molar-refractivity contribution in [2.24, 2.45) is 5.16 Å². The van der Waals surface area contributed by atoms with Crippen molar-refractivity contribution in [1.82, 2.24) is 4.98 Å². The Balaban J connectivity index is 2.27. The largest absolute Gasteiger partial charge is 0.358 e. The second-order valence-electron chi connectivity index (χ2n) is 4.05. The van der Waals surface area contributed by atoms with Crippen LogP contribution in [0.2, 0.25) is 0 Å². The zero-order chi connectivity index (χ0) is 15.3. The minimum atomic E-state index is -3.97. The highest BCUT2D eigenvalue weighted by molar-refractivity contribution is 7.86. The van der Waals surface area contributed by atoms with Crippen molar-refractivity contribution >= 4 is 15.8 Å². The average Bonchev–Trinajstić information content (AvgIpc) is 2.53. The number of benzene rings is 1. The molecule has 1 aromatic heterocycles. The molecule has 0 fully saturated rings. The molecular weight excluding hydrogens is 290 g/mol. The molecule has 0 saturated carbocycles. The molecule has 0 amide bonds. The van der Waals surface area contributed by atoms with Crippen molar-refractivity contribution in [3.8, 4) is 6.07 Å². The van der Waals surface area contributed by atoms with E-state index in [0.29, 0.717) is 11.1 Å². The predicted molar refractivity (Wildman–Crippen MR) is 75.9 cm³/mol. The van der Waals surface area contributed by atoms with Gasteiger partial charge in [-0.05, 0) is 25.1 Å². The van der Waals surface area contributed by atoms with Crippen LogP contribution >= 0.6 is 0 Å². The van der Waals surface area contributed by atoms with Crippen LogP contribution in [0.5, 0.6) is 0 Å². The first-order valence-corrected chi connectivity index (χ1v) is 7.33. The number of pyridine rings is 1. The minimum absolute atomic E-state index is 0.00763. The average molecular weight is 301 g/mol. The van der Waals surface area contributed by atoms with E-state index in [1.807, 2.05) is 6.07 Å². The molecule has 1 heterocycles. The highest BCUT2D eigenvalue weighted by Crippen LogP contribution is 2.13. The van der Waals surface area contributed by atoms with E-state index in [0.717, 1.165) is 0 Å². The van der Waals surface area contributed by atoms with Gasteiger partial charge in [0, 0.05) is 18.0 Å². The lowest BCUT2D eigenvalue weighted by atomic mass is 10.1. The second-order valence-corrected chi connectivity index (χ2v) is 5.58. The Kier molecular flexibility index (Phi) is 4.30. The predicted octanol–water partition coefficient (Wildman–Crippen LogP) is 2.08. The summed E-state index contributed by atoms with van der Waals surface area (Å²) in [6.07, 6.45) is 2.90. The van der Waals surface area contributed by atoms with Crippen molar-refractivity contribution in [3.63, 3.8) is 0 Å². The Morgan fingerprint density at radius 2 is 2.00 bits per heavy atom. The summed E-state index contributed by atoms with van der Waals surface area (Å²) in [5.74, 6) is 0. The standard InChI is InChI=1S/C14H11N3O3S/c1-11(14-10-16-8-7-12(14)9-15)17-20-21(18,19)13-5-3-2-4-6-13/h2-8,10H,1H3/b17-11+. The molecule has 21 heavy (non-hydrogen) atoms. The molecule has 0 unspecified atom stereocenters. The van der Waals surface area contributed by atoms with E-state index in [4.69, 9.17) is 5.26 Å². The monoisotopic (exact) mass is 301 g/mol. The lowest BCUT2D eigenvalue weighted by Crippen LogP contribution is -2.06. The molecule has 0 radical (unpaired) electrons. The Labute approximate surface area is 122 Å². The maximum atomic E-state index is 11.9. The van der Waals surface area contributed by atoms with Crippen molar-refractivity contribution < 1.29 is 12.7 Å². The van der Waals surface area contributed by atoms with E-state index >= 15 is 0 Å². The molecule has 1 aromatic carbocycles. The van der Waals surface area contributed by atoms with Crippen LogP contribution in [0.15, 0.2) is 58.8 Å². The van der Waals surface area contributed by atoms with Gasteiger partial charge in [-0.1, -0.05) is 23.4 Å². The van der Waals surface area contributed by atoms with Gasteiger partial charge in [-0.15, -0.1) is 0 Å². The fraction of sp³-hybridized carbons (Fsp3) is 0.0714. The van der Waals surface area contributed by atoms with Gasteiger partial charge in [0.1, 0.15) is 4.90 Å². The molecule has 0 spiro atoms. The van der Waals surface area contributed by atoms with Crippen LogP contribution in [-0.2, 0) is 14.4 Å². The fourth-order valence-corrected chi connectivity index (χ4v) is 2.35. The maximum Gasteiger partial charge on any atom is 0.358 e. The highest BCUT2D eigenvalue weighted by atomic mass is 32.2. The van der Waals surface area contributed by atoms with E-state index < -0.39 is 10.1 Å². The lowest BCUT2D eigenvalue weighted by Gasteiger charge is -2.04. The zero-order valence-electron chi connectivity index (χ0n) is 11.1. The molecule has 0 aliphatic carbocycles. The Morgan fingerprint density at radius 3 is 2.67 bits per heavy atom. The molecule has 0 aliphatic heterocycles. The van der Waals surface area contributed by atoms with E-state index in [9.17, 15) is 8.42 Å². The molecule has 0 saturated heterocycles. The molecule has 0 N–H and O–H groups in total. The van der Waals surface area contributed by atoms with Crippen LogP contribution in [0.1, 0.15) is 18.1 Å². The smallest absolute Gasteiger partial charge is 0.265 e. The van der Waals surface area contributed by atoms with Crippen LogP contribution in [0, 0.1) is 11.3 Å². The number of hydrogen-bond acceptors (Lipinski definition) is 6. The number of nitrogens with zero attached hydrogens (tertiary/aromatic N) is 3. The van der Waals surface area contributed by atoms with Crippen molar-refractivity contribution in [2.45, 2.75) is 11.8 Å². The molecule has 2 rings (SSSR count). The number of rotatable bonds is 4. The van der Waals surface area contributed by atoms with Gasteiger partial charge in [-0.25, -0.2) is 0 Å². The SMILES string of the molecule is C/C(=N\OS(=O)(=O)c1ccccc1)c1cnccc1C#N. The molecular formula is C14H11N3O3S. The summed E-state index contributed by atoms with van der Waals surface area (Å²) >= 11 is 0. The third-order valence-corrected chi connectivity index (χ3v) is 3.76. The van der Waals surface area contributed by atoms with E-state index in [-0.39, 0.29) is 10.6 Å². The Hall–Kier alpha value is -2.72. The Morgan fingerprint density at radius 1 is 1.29 bits per heavy atom. The first kappa shape index (κ1) is 14.7. The molecule has 0 bridgehead atoms. The topological polar surface area (TPSA) is 92.4 Å². The van der Waals surface area contributed by atoms with Gasteiger partial charge in [-0.2, -0.15) is 13.7 Å². The van der Waals surface area contributed by atoms with Crippen LogP contribution in [-0.4, -0.2) is 19.1 Å². The van der Waals surface area contributed by atoms with E-state index in [2.05, 4.69) is 14.4 Å². The Bertz CT molecular complexity index is 809. The van der Waals surface area contributed by atoms with Crippen LogP contribution < -0.4 is 0 Å². The molecule has 6 nitrogen and oxygen atoms in total. The summed E-state index contributed by atoms with van der Waals surface area (Å²) in [6.45, 7) is 1.54. The minimum Gasteiger partial charge on any atom is -0.265 e. The number of hydrogen-bond donors (Lipinski definition) is 0. The summed E-state index contributed by atoms with van der Waals surface area (Å²) in [4.78, 5) is 3.89. The number of oxime groups is 1. The highest BCUT2D eigenvalue weighted by Gasteiger charge is 2.15. The molecule has 7 heteroatoms. The third-order valence-electron chi connectivity index (χ3n) is 2.64. The van der Waals surface area contributed by atoms with Crippen molar-refractivity contribution in [3.05, 3.63) is 59.9 Å². The lowest BCUT2D eigenvalue weighted by molar-refractivity contribution is 0.338. The van der Waals surface area contributed by atoms with Crippen LogP contribution in [0.3, 0.4) is 0 Å². The van der Waals surface area contributed by atoms with Gasteiger partial charge in [0.05, 0.1) is 17.3 Å². The van der Waals surface area contributed by atoms with Gasteiger partial charge in [0.15, 0.2) is 0 Å². The van der Waals surface area contributed by atoms with E-state index in [1.165, 1.54) is 30.6 Å². The van der Waals surface area contributed by atoms with Gasteiger partial charge in [0.25, 0.3) is 0 Å². The van der Waals surface area contributed by atoms with Crippen LogP contribution in [0.4, 0.5) is 0 Å². The van der Waals surface area contributed by atoms with Gasteiger partial charge < -0.3 is 0 Å². The first-order valence-electron chi connectivity index (χ1n) is 5.92.